The molecule has 0 saturated carbocycles. The van der Waals surface area contributed by atoms with Crippen molar-refractivity contribution in [1.82, 2.24) is 4.90 Å². The molecule has 21 heavy (non-hydrogen) atoms. The fourth-order valence-corrected chi connectivity index (χ4v) is 4.09. The number of methoxy groups -OCH3 is 1. The van der Waals surface area contributed by atoms with Gasteiger partial charge in [0.1, 0.15) is 0 Å². The van der Waals surface area contributed by atoms with Gasteiger partial charge in [-0.15, -0.1) is 0 Å². The van der Waals surface area contributed by atoms with E-state index in [9.17, 15) is 0 Å². The molecule has 2 unspecified atom stereocenters. The molecule has 0 aromatic heterocycles. The highest BCUT2D eigenvalue weighted by Gasteiger charge is 2.48. The van der Waals surface area contributed by atoms with E-state index in [0.29, 0.717) is 12.8 Å². The predicted octanol–water partition coefficient (Wildman–Crippen LogP) is 2.68. The zero-order chi connectivity index (χ0) is 14.4. The topological polar surface area (TPSA) is 30.9 Å². The highest BCUT2D eigenvalue weighted by Crippen LogP contribution is 2.49. The summed E-state index contributed by atoms with van der Waals surface area (Å²) in [5.41, 5.74) is 1.55. The lowest BCUT2D eigenvalue weighted by molar-refractivity contribution is 0.173. The zero-order valence-corrected chi connectivity index (χ0v) is 12.6. The van der Waals surface area contributed by atoms with Gasteiger partial charge in [-0.05, 0) is 50.2 Å². The van der Waals surface area contributed by atoms with Gasteiger partial charge in [0.05, 0.1) is 12.9 Å². The Bertz CT molecular complexity index is 598. The number of ether oxygens (including phenoxy) is 3. The normalized spacial score (nSPS) is 31.0. The number of nitrogens with zero attached hydrogens (tertiary/aromatic N) is 1. The number of rotatable bonds is 2. The van der Waals surface area contributed by atoms with Gasteiger partial charge >= 0.3 is 0 Å². The minimum atomic E-state index is 0.178. The van der Waals surface area contributed by atoms with Crippen molar-refractivity contribution in [2.24, 2.45) is 0 Å². The number of benzene rings is 1. The third-order valence-corrected chi connectivity index (χ3v) is 5.32. The molecule has 112 valence electrons. The van der Waals surface area contributed by atoms with Crippen molar-refractivity contribution in [2.45, 2.75) is 30.7 Å². The van der Waals surface area contributed by atoms with Crippen LogP contribution in [0, 0.1) is 0 Å². The third kappa shape index (κ3) is 1.85. The SMILES string of the molecule is COC1=CC2N(C)CCC2(c2ccc3c(c2)OCO3)CC1. The van der Waals surface area contributed by atoms with E-state index >= 15 is 0 Å². The van der Waals surface area contributed by atoms with Crippen LogP contribution in [0.4, 0.5) is 0 Å². The molecule has 1 fully saturated rings. The fraction of sp³-hybridized carbons (Fsp3) is 0.529. The van der Waals surface area contributed by atoms with E-state index in [0.717, 1.165) is 36.6 Å². The van der Waals surface area contributed by atoms with E-state index in [1.807, 2.05) is 0 Å². The van der Waals surface area contributed by atoms with Gasteiger partial charge in [0.25, 0.3) is 0 Å². The molecule has 2 atom stereocenters. The number of likely N-dealkylation sites (tertiary alicyclic amines) is 1. The van der Waals surface area contributed by atoms with Gasteiger partial charge in [0, 0.05) is 17.9 Å². The molecule has 0 N–H and O–H groups in total. The lowest BCUT2D eigenvalue weighted by Gasteiger charge is -2.40. The second-order valence-electron chi connectivity index (χ2n) is 6.24. The van der Waals surface area contributed by atoms with Crippen LogP contribution >= 0.6 is 0 Å². The Kier molecular flexibility index (Phi) is 2.89. The van der Waals surface area contributed by atoms with Crippen LogP contribution in [0.15, 0.2) is 30.0 Å². The molecule has 2 aliphatic heterocycles. The van der Waals surface area contributed by atoms with Crippen LogP contribution in [0.3, 0.4) is 0 Å². The molecular weight excluding hydrogens is 266 g/mol. The summed E-state index contributed by atoms with van der Waals surface area (Å²) in [7, 11) is 3.98. The van der Waals surface area contributed by atoms with E-state index in [-0.39, 0.29) is 5.41 Å². The first-order valence-corrected chi connectivity index (χ1v) is 7.58. The third-order valence-electron chi connectivity index (χ3n) is 5.32. The Labute approximate surface area is 125 Å². The van der Waals surface area contributed by atoms with Crippen molar-refractivity contribution < 1.29 is 14.2 Å². The molecule has 0 radical (unpaired) electrons. The molecule has 4 nitrogen and oxygen atoms in total. The average Bonchev–Trinajstić information content (AvgIpc) is 3.11. The lowest BCUT2D eigenvalue weighted by atomic mass is 9.68. The summed E-state index contributed by atoms with van der Waals surface area (Å²) >= 11 is 0. The number of likely N-dealkylation sites (N-methyl/N-ethyl adjacent to an activating group) is 1. The van der Waals surface area contributed by atoms with E-state index in [4.69, 9.17) is 14.2 Å². The van der Waals surface area contributed by atoms with Crippen LogP contribution in [-0.2, 0) is 10.2 Å². The van der Waals surface area contributed by atoms with Crippen molar-refractivity contribution >= 4 is 0 Å². The monoisotopic (exact) mass is 287 g/mol. The van der Waals surface area contributed by atoms with Crippen LogP contribution < -0.4 is 9.47 Å². The van der Waals surface area contributed by atoms with Gasteiger partial charge in [-0.25, -0.2) is 0 Å². The van der Waals surface area contributed by atoms with Crippen LogP contribution in [0.1, 0.15) is 24.8 Å². The first-order chi connectivity index (χ1) is 10.2. The smallest absolute Gasteiger partial charge is 0.231 e. The van der Waals surface area contributed by atoms with E-state index in [1.54, 1.807) is 7.11 Å². The first-order valence-electron chi connectivity index (χ1n) is 7.58. The van der Waals surface area contributed by atoms with Crippen LogP contribution in [-0.4, -0.2) is 38.4 Å². The molecule has 1 aromatic rings. The summed E-state index contributed by atoms with van der Waals surface area (Å²) < 4.78 is 16.5. The Morgan fingerprint density at radius 2 is 2.10 bits per heavy atom. The molecule has 0 bridgehead atoms. The number of fused-ring (bicyclic) bond motifs is 2. The minimum absolute atomic E-state index is 0.178. The van der Waals surface area contributed by atoms with E-state index < -0.39 is 0 Å². The van der Waals surface area contributed by atoms with Crippen LogP contribution in [0.25, 0.3) is 0 Å². The fourth-order valence-electron chi connectivity index (χ4n) is 4.09. The van der Waals surface area contributed by atoms with Gasteiger partial charge in [-0.1, -0.05) is 6.07 Å². The summed E-state index contributed by atoms with van der Waals surface area (Å²) in [6.45, 7) is 1.45. The van der Waals surface area contributed by atoms with Crippen molar-refractivity contribution in [3.05, 3.63) is 35.6 Å². The zero-order valence-electron chi connectivity index (χ0n) is 12.6. The quantitative estimate of drug-likeness (QED) is 0.837. The van der Waals surface area contributed by atoms with Gasteiger partial charge in [0.15, 0.2) is 11.5 Å². The van der Waals surface area contributed by atoms with Gasteiger partial charge in [-0.2, -0.15) is 0 Å². The van der Waals surface area contributed by atoms with Crippen molar-refractivity contribution in [3.63, 3.8) is 0 Å². The van der Waals surface area contributed by atoms with Crippen LogP contribution in [0.2, 0.25) is 0 Å². The molecule has 2 heterocycles. The highest BCUT2D eigenvalue weighted by molar-refractivity contribution is 5.48. The Morgan fingerprint density at radius 3 is 2.95 bits per heavy atom. The van der Waals surface area contributed by atoms with Gasteiger partial charge in [0.2, 0.25) is 6.79 Å². The highest BCUT2D eigenvalue weighted by atomic mass is 16.7. The van der Waals surface area contributed by atoms with E-state index in [2.05, 4.69) is 36.2 Å². The van der Waals surface area contributed by atoms with Gasteiger partial charge in [-0.3, -0.25) is 4.90 Å². The molecule has 4 heteroatoms. The molecule has 0 amide bonds. The van der Waals surface area contributed by atoms with Crippen LogP contribution in [0.5, 0.6) is 11.5 Å². The van der Waals surface area contributed by atoms with Crippen molar-refractivity contribution in [1.29, 1.82) is 0 Å². The average molecular weight is 287 g/mol. The molecule has 1 saturated heterocycles. The number of hydrogen-bond acceptors (Lipinski definition) is 4. The standard InChI is InChI=1S/C17H21NO3/c1-18-8-7-17(6-5-13(19-2)10-16(17)18)12-3-4-14-15(9-12)21-11-20-14/h3-4,9-10,16H,5-8,11H2,1-2H3. The second kappa shape index (κ2) is 4.67. The number of allylic oxidation sites excluding steroid dienone is 1. The Balaban J connectivity index is 1.77. The predicted molar refractivity (Wildman–Crippen MR) is 79.6 cm³/mol. The first kappa shape index (κ1) is 13.0. The van der Waals surface area contributed by atoms with Crippen molar-refractivity contribution in [3.8, 4) is 11.5 Å². The summed E-state index contributed by atoms with van der Waals surface area (Å²) in [5, 5.41) is 0. The molecule has 1 aliphatic carbocycles. The minimum Gasteiger partial charge on any atom is -0.501 e. The molecule has 4 rings (SSSR count). The Morgan fingerprint density at radius 1 is 1.24 bits per heavy atom. The molecule has 0 spiro atoms. The second-order valence-corrected chi connectivity index (χ2v) is 6.24. The number of hydrogen-bond donors (Lipinski definition) is 0. The lowest BCUT2D eigenvalue weighted by Crippen LogP contribution is -2.42. The van der Waals surface area contributed by atoms with Gasteiger partial charge < -0.3 is 14.2 Å². The summed E-state index contributed by atoms with van der Waals surface area (Å²) in [4.78, 5) is 2.43. The maximum absolute atomic E-state index is 5.57. The largest absolute Gasteiger partial charge is 0.501 e. The molecular formula is C17H21NO3. The Hall–Kier alpha value is -1.68. The maximum atomic E-state index is 5.57. The molecule has 3 aliphatic rings. The van der Waals surface area contributed by atoms with Crippen molar-refractivity contribution in [2.75, 3.05) is 27.5 Å². The molecule has 1 aromatic carbocycles. The maximum Gasteiger partial charge on any atom is 0.231 e. The summed E-state index contributed by atoms with van der Waals surface area (Å²) in [5.74, 6) is 2.86. The van der Waals surface area contributed by atoms with E-state index in [1.165, 1.54) is 12.0 Å². The summed E-state index contributed by atoms with van der Waals surface area (Å²) in [6, 6.07) is 6.85. The summed E-state index contributed by atoms with van der Waals surface area (Å²) in [6.07, 6.45) is 5.62.